The summed E-state index contributed by atoms with van der Waals surface area (Å²) in [6, 6.07) is 15.6. The van der Waals surface area contributed by atoms with Crippen LogP contribution in [0.15, 0.2) is 53.5 Å². The third-order valence-corrected chi connectivity index (χ3v) is 2.88. The molecule has 0 aliphatic rings. The molecule has 0 saturated heterocycles. The molecule has 0 spiro atoms. The molecule has 0 bridgehead atoms. The molecule has 3 heteroatoms. The van der Waals surface area contributed by atoms with Gasteiger partial charge in [-0.1, -0.05) is 30.3 Å². The second kappa shape index (κ2) is 5.05. The summed E-state index contributed by atoms with van der Waals surface area (Å²) < 4.78 is 1.11. The lowest BCUT2D eigenvalue weighted by atomic mass is 10.0. The molecule has 2 aromatic carbocycles. The first-order valence-electron chi connectivity index (χ1n) is 4.74. The number of carbonyl (C=O) groups excluding carboxylic acids is 1. The summed E-state index contributed by atoms with van der Waals surface area (Å²) in [6.07, 6.45) is 1.59. The summed E-state index contributed by atoms with van der Waals surface area (Å²) in [5, 5.41) is 0. The second-order valence-electron chi connectivity index (χ2n) is 3.23. The van der Waals surface area contributed by atoms with E-state index in [0.29, 0.717) is 5.69 Å². The maximum Gasteiger partial charge on any atom is 0.240 e. The van der Waals surface area contributed by atoms with Gasteiger partial charge in [0.1, 0.15) is 0 Å². The Bertz CT molecular complexity index is 545. The summed E-state index contributed by atoms with van der Waals surface area (Å²) in [5.41, 5.74) is 2.66. The van der Waals surface area contributed by atoms with E-state index in [-0.39, 0.29) is 0 Å². The van der Waals surface area contributed by atoms with Gasteiger partial charge in [0.15, 0.2) is 0 Å². The van der Waals surface area contributed by atoms with E-state index < -0.39 is 0 Å². The predicted octanol–water partition coefficient (Wildman–Crippen LogP) is 3.93. The largest absolute Gasteiger partial charge is 0.240 e. The van der Waals surface area contributed by atoms with Gasteiger partial charge in [-0.3, -0.25) is 0 Å². The molecular formula is C13H8INO. The van der Waals surface area contributed by atoms with E-state index in [9.17, 15) is 4.79 Å². The molecule has 0 unspecified atom stereocenters. The quantitative estimate of drug-likeness (QED) is 0.468. The van der Waals surface area contributed by atoms with Crippen LogP contribution >= 0.6 is 22.6 Å². The van der Waals surface area contributed by atoms with Crippen molar-refractivity contribution in [3.63, 3.8) is 0 Å². The molecule has 0 atom stereocenters. The lowest BCUT2D eigenvalue weighted by molar-refractivity contribution is 0.565. The summed E-state index contributed by atoms with van der Waals surface area (Å²) in [4.78, 5) is 14.1. The van der Waals surface area contributed by atoms with Crippen molar-refractivity contribution in [3.05, 3.63) is 52.1 Å². The van der Waals surface area contributed by atoms with Crippen LogP contribution in [-0.2, 0) is 4.79 Å². The fourth-order valence-corrected chi connectivity index (χ4v) is 2.00. The van der Waals surface area contributed by atoms with E-state index in [1.807, 2.05) is 48.5 Å². The Morgan fingerprint density at radius 2 is 1.81 bits per heavy atom. The molecule has 0 aliphatic heterocycles. The average molecular weight is 321 g/mol. The number of hydrogen-bond donors (Lipinski definition) is 0. The van der Waals surface area contributed by atoms with Crippen LogP contribution in [0, 0.1) is 3.57 Å². The molecule has 0 N–H and O–H groups in total. The normalized spacial score (nSPS) is 9.56. The van der Waals surface area contributed by atoms with Gasteiger partial charge in [-0.25, -0.2) is 4.79 Å². The molecular weight excluding hydrogens is 313 g/mol. The highest BCUT2D eigenvalue weighted by atomic mass is 127. The van der Waals surface area contributed by atoms with E-state index in [4.69, 9.17) is 0 Å². The maximum absolute atomic E-state index is 10.3. The molecule has 0 heterocycles. The SMILES string of the molecule is O=C=Nc1ccc(I)cc1-c1ccccc1. The monoisotopic (exact) mass is 321 g/mol. The Hall–Kier alpha value is -1.45. The first kappa shape index (κ1) is 11.0. The highest BCUT2D eigenvalue weighted by Gasteiger charge is 2.04. The first-order chi connectivity index (χ1) is 7.81. The van der Waals surface area contributed by atoms with Gasteiger partial charge < -0.3 is 0 Å². The number of rotatable bonds is 2. The summed E-state index contributed by atoms with van der Waals surface area (Å²) in [5.74, 6) is 0. The van der Waals surface area contributed by atoms with Crippen LogP contribution < -0.4 is 0 Å². The minimum atomic E-state index is 0.654. The topological polar surface area (TPSA) is 29.4 Å². The van der Waals surface area contributed by atoms with Crippen molar-refractivity contribution in [3.8, 4) is 11.1 Å². The number of hydrogen-bond acceptors (Lipinski definition) is 2. The highest BCUT2D eigenvalue weighted by Crippen LogP contribution is 2.31. The Kier molecular flexibility index (Phi) is 3.49. The van der Waals surface area contributed by atoms with Crippen LogP contribution in [0.25, 0.3) is 11.1 Å². The molecule has 0 amide bonds. The summed E-state index contributed by atoms with van der Waals surface area (Å²) in [7, 11) is 0. The molecule has 16 heavy (non-hydrogen) atoms. The first-order valence-corrected chi connectivity index (χ1v) is 5.82. The second-order valence-corrected chi connectivity index (χ2v) is 4.48. The van der Waals surface area contributed by atoms with Gasteiger partial charge in [-0.15, -0.1) is 0 Å². The zero-order valence-electron chi connectivity index (χ0n) is 8.35. The maximum atomic E-state index is 10.3. The number of aliphatic imine (C=N–C) groups is 1. The molecule has 0 fully saturated rings. The fraction of sp³-hybridized carbons (Fsp3) is 0. The minimum Gasteiger partial charge on any atom is -0.211 e. The van der Waals surface area contributed by atoms with Gasteiger partial charge in [-0.2, -0.15) is 4.99 Å². The number of benzene rings is 2. The molecule has 0 radical (unpaired) electrons. The van der Waals surface area contributed by atoms with Crippen molar-refractivity contribution >= 4 is 34.4 Å². The van der Waals surface area contributed by atoms with Crippen molar-refractivity contribution in [2.75, 3.05) is 0 Å². The van der Waals surface area contributed by atoms with E-state index >= 15 is 0 Å². The lowest BCUT2D eigenvalue weighted by Crippen LogP contribution is -1.80. The third kappa shape index (κ3) is 2.38. The zero-order chi connectivity index (χ0) is 11.4. The van der Waals surface area contributed by atoms with Crippen LogP contribution in [0.4, 0.5) is 5.69 Å². The Labute approximate surface area is 107 Å². The van der Waals surface area contributed by atoms with Gasteiger partial charge in [0.25, 0.3) is 0 Å². The lowest BCUT2D eigenvalue weighted by Gasteiger charge is -2.05. The van der Waals surface area contributed by atoms with Crippen molar-refractivity contribution in [2.24, 2.45) is 4.99 Å². The standard InChI is InChI=1S/C13H8INO/c14-11-6-7-13(15-9-16)12(8-11)10-4-2-1-3-5-10/h1-8H. The molecule has 2 nitrogen and oxygen atoms in total. The molecule has 0 aromatic heterocycles. The molecule has 2 aromatic rings. The predicted molar refractivity (Wildman–Crippen MR) is 72.4 cm³/mol. The van der Waals surface area contributed by atoms with Crippen molar-refractivity contribution < 1.29 is 4.79 Å². The average Bonchev–Trinajstić information content (AvgIpc) is 2.33. The van der Waals surface area contributed by atoms with Crippen molar-refractivity contribution in [1.29, 1.82) is 0 Å². The minimum absolute atomic E-state index is 0.654. The van der Waals surface area contributed by atoms with Crippen molar-refractivity contribution in [1.82, 2.24) is 0 Å². The Balaban J connectivity index is 2.62. The van der Waals surface area contributed by atoms with Crippen LogP contribution in [0.3, 0.4) is 0 Å². The van der Waals surface area contributed by atoms with Crippen LogP contribution in [0.5, 0.6) is 0 Å². The highest BCUT2D eigenvalue weighted by molar-refractivity contribution is 14.1. The molecule has 2 rings (SSSR count). The fourth-order valence-electron chi connectivity index (χ4n) is 1.50. The molecule has 0 aliphatic carbocycles. The number of halogens is 1. The zero-order valence-corrected chi connectivity index (χ0v) is 10.5. The van der Waals surface area contributed by atoms with Crippen LogP contribution in [-0.4, -0.2) is 6.08 Å². The molecule has 78 valence electrons. The van der Waals surface area contributed by atoms with E-state index in [2.05, 4.69) is 27.6 Å². The number of nitrogens with zero attached hydrogens (tertiary/aromatic N) is 1. The Morgan fingerprint density at radius 3 is 2.50 bits per heavy atom. The Morgan fingerprint density at radius 1 is 1.06 bits per heavy atom. The number of isocyanates is 1. The van der Waals surface area contributed by atoms with Gasteiger partial charge in [0.2, 0.25) is 6.08 Å². The van der Waals surface area contributed by atoms with Gasteiger partial charge in [-0.05, 0) is 46.4 Å². The van der Waals surface area contributed by atoms with Gasteiger partial charge in [0, 0.05) is 9.13 Å². The molecule has 0 saturated carbocycles. The summed E-state index contributed by atoms with van der Waals surface area (Å²) in [6.45, 7) is 0. The van der Waals surface area contributed by atoms with E-state index in [1.165, 1.54) is 0 Å². The third-order valence-electron chi connectivity index (χ3n) is 2.21. The van der Waals surface area contributed by atoms with E-state index in [0.717, 1.165) is 14.7 Å². The van der Waals surface area contributed by atoms with Crippen LogP contribution in [0.1, 0.15) is 0 Å². The van der Waals surface area contributed by atoms with Crippen molar-refractivity contribution in [2.45, 2.75) is 0 Å². The van der Waals surface area contributed by atoms with Gasteiger partial charge in [0.05, 0.1) is 5.69 Å². The van der Waals surface area contributed by atoms with E-state index in [1.54, 1.807) is 6.08 Å². The summed E-state index contributed by atoms with van der Waals surface area (Å²) >= 11 is 2.24. The van der Waals surface area contributed by atoms with Crippen LogP contribution in [0.2, 0.25) is 0 Å². The van der Waals surface area contributed by atoms with Gasteiger partial charge >= 0.3 is 0 Å². The smallest absolute Gasteiger partial charge is 0.211 e.